The Labute approximate surface area is 83.8 Å². The number of hydrogen-bond acceptors (Lipinski definition) is 1. The second kappa shape index (κ2) is 3.10. The van der Waals surface area contributed by atoms with E-state index in [1.54, 1.807) is 0 Å². The molecule has 3 rings (SSSR count). The summed E-state index contributed by atoms with van der Waals surface area (Å²) >= 11 is 0. The molecule has 0 aromatic heterocycles. The van der Waals surface area contributed by atoms with Crippen LogP contribution < -0.4 is 5.32 Å². The van der Waals surface area contributed by atoms with Crippen molar-refractivity contribution in [3.05, 3.63) is 54.1 Å². The maximum Gasteiger partial charge on any atom is 0.0636 e. The van der Waals surface area contributed by atoms with Gasteiger partial charge < -0.3 is 5.32 Å². The van der Waals surface area contributed by atoms with Gasteiger partial charge in [-0.05, 0) is 28.3 Å². The second-order valence-electron chi connectivity index (χ2n) is 3.63. The molecule has 0 atom stereocenters. The van der Waals surface area contributed by atoms with Gasteiger partial charge in [0.1, 0.15) is 0 Å². The quantitative estimate of drug-likeness (QED) is 0.658. The Hall–Kier alpha value is -1.34. The zero-order valence-electron chi connectivity index (χ0n) is 7.88. The molecule has 14 heavy (non-hydrogen) atoms. The summed E-state index contributed by atoms with van der Waals surface area (Å²) in [6.45, 7) is 4.10. The van der Waals surface area contributed by atoms with E-state index in [0.29, 0.717) is 0 Å². The van der Waals surface area contributed by atoms with Crippen LogP contribution >= 0.6 is 0 Å². The molecule has 0 amide bonds. The van der Waals surface area contributed by atoms with Crippen LogP contribution in [0.15, 0.2) is 36.4 Å². The van der Waals surface area contributed by atoms with Gasteiger partial charge in [0.15, 0.2) is 0 Å². The minimum absolute atomic E-state index is 0.913. The molecule has 2 aromatic carbocycles. The summed E-state index contributed by atoms with van der Waals surface area (Å²) in [5.41, 5.74) is 2.84. The Morgan fingerprint density at radius 1 is 1.07 bits per heavy atom. The van der Waals surface area contributed by atoms with Crippen LogP contribution in [0.2, 0.25) is 0 Å². The van der Waals surface area contributed by atoms with Gasteiger partial charge in [0.05, 0.1) is 6.54 Å². The van der Waals surface area contributed by atoms with Crippen LogP contribution in [0.3, 0.4) is 0 Å². The average molecular weight is 181 g/mol. The fourth-order valence-corrected chi connectivity index (χ4v) is 2.06. The van der Waals surface area contributed by atoms with Gasteiger partial charge in [-0.15, -0.1) is 0 Å². The standard InChI is InChI=1S/C13H11N/c1-2-4-12-10(3-1)5-6-11-9-14-8-7-13(11)12/h1-6,14H,7,9H2. The molecule has 2 radical (unpaired) electrons. The van der Waals surface area contributed by atoms with Crippen LogP contribution in [0, 0.1) is 6.54 Å². The van der Waals surface area contributed by atoms with E-state index in [1.165, 1.54) is 21.9 Å². The normalized spacial score (nSPS) is 15.4. The molecule has 0 saturated carbocycles. The Morgan fingerprint density at radius 3 is 3.00 bits per heavy atom. The van der Waals surface area contributed by atoms with Gasteiger partial charge >= 0.3 is 0 Å². The molecule has 0 bridgehead atoms. The van der Waals surface area contributed by atoms with Crippen LogP contribution in [0.4, 0.5) is 0 Å². The van der Waals surface area contributed by atoms with Gasteiger partial charge in [0.25, 0.3) is 0 Å². The van der Waals surface area contributed by atoms with E-state index in [0.717, 1.165) is 13.0 Å². The Bertz CT molecular complexity index is 474. The predicted octanol–water partition coefficient (Wildman–Crippen LogP) is 2.52. The predicted molar refractivity (Wildman–Crippen MR) is 57.7 cm³/mol. The van der Waals surface area contributed by atoms with Gasteiger partial charge in [-0.1, -0.05) is 36.4 Å². The lowest BCUT2D eigenvalue weighted by atomic mass is 9.94. The monoisotopic (exact) mass is 181 g/mol. The number of benzene rings is 2. The third-order valence-electron chi connectivity index (χ3n) is 2.81. The fraction of sp³-hybridized carbons (Fsp3) is 0.154. The van der Waals surface area contributed by atoms with Crippen molar-refractivity contribution in [2.24, 2.45) is 0 Å². The van der Waals surface area contributed by atoms with Gasteiger partial charge in [-0.25, -0.2) is 0 Å². The van der Waals surface area contributed by atoms with Crippen LogP contribution in [0.25, 0.3) is 10.8 Å². The summed E-state index contributed by atoms with van der Waals surface area (Å²) in [6, 6.07) is 13.0. The maximum atomic E-state index is 3.18. The third kappa shape index (κ3) is 1.13. The van der Waals surface area contributed by atoms with Gasteiger partial charge in [-0.2, -0.15) is 0 Å². The lowest BCUT2D eigenvalue weighted by Crippen LogP contribution is -2.18. The Morgan fingerprint density at radius 2 is 2.00 bits per heavy atom. The summed E-state index contributed by atoms with van der Waals surface area (Å²) in [5, 5.41) is 5.86. The highest BCUT2D eigenvalue weighted by Crippen LogP contribution is 2.25. The third-order valence-corrected chi connectivity index (χ3v) is 2.81. The molecule has 1 heteroatoms. The molecule has 1 nitrogen and oxygen atoms in total. The molecule has 1 N–H and O–H groups in total. The van der Waals surface area contributed by atoms with Gasteiger partial charge in [-0.3, -0.25) is 0 Å². The summed E-state index contributed by atoms with van der Waals surface area (Å²) in [5.74, 6) is 0. The lowest BCUT2D eigenvalue weighted by Gasteiger charge is -2.18. The fourth-order valence-electron chi connectivity index (χ4n) is 2.06. The number of hydrogen-bond donors (Lipinski definition) is 1. The van der Waals surface area contributed by atoms with E-state index >= 15 is 0 Å². The van der Waals surface area contributed by atoms with Crippen molar-refractivity contribution in [3.8, 4) is 0 Å². The molecule has 68 valence electrons. The first kappa shape index (κ1) is 8.01. The van der Waals surface area contributed by atoms with Crippen molar-refractivity contribution >= 4 is 10.8 Å². The number of rotatable bonds is 0. The highest BCUT2D eigenvalue weighted by atomic mass is 14.9. The summed E-state index contributed by atoms with van der Waals surface area (Å²) < 4.78 is 0. The first-order valence-corrected chi connectivity index (χ1v) is 4.90. The minimum atomic E-state index is 0.913. The van der Waals surface area contributed by atoms with E-state index in [2.05, 4.69) is 48.3 Å². The van der Waals surface area contributed by atoms with Crippen molar-refractivity contribution in [2.75, 3.05) is 0 Å². The van der Waals surface area contributed by atoms with Crippen LogP contribution in [0.5, 0.6) is 0 Å². The highest BCUT2D eigenvalue weighted by Gasteiger charge is 2.11. The zero-order chi connectivity index (χ0) is 9.38. The van der Waals surface area contributed by atoms with Crippen molar-refractivity contribution < 1.29 is 0 Å². The molecular formula is C13H11N. The van der Waals surface area contributed by atoms with Crippen molar-refractivity contribution in [2.45, 2.75) is 13.0 Å². The van der Waals surface area contributed by atoms with Crippen LogP contribution in [-0.4, -0.2) is 0 Å². The van der Waals surface area contributed by atoms with E-state index < -0.39 is 0 Å². The van der Waals surface area contributed by atoms with Crippen LogP contribution in [0.1, 0.15) is 11.1 Å². The minimum Gasteiger partial charge on any atom is -0.303 e. The van der Waals surface area contributed by atoms with Crippen molar-refractivity contribution in [1.29, 1.82) is 0 Å². The molecule has 0 saturated heterocycles. The number of nitrogens with one attached hydrogen (secondary N) is 1. The van der Waals surface area contributed by atoms with Gasteiger partial charge in [0.2, 0.25) is 0 Å². The number of fused-ring (bicyclic) bond motifs is 3. The highest BCUT2D eigenvalue weighted by molar-refractivity contribution is 5.87. The van der Waals surface area contributed by atoms with E-state index in [1.807, 2.05) is 0 Å². The Balaban J connectivity index is 2.34. The van der Waals surface area contributed by atoms with E-state index in [9.17, 15) is 0 Å². The van der Waals surface area contributed by atoms with E-state index in [4.69, 9.17) is 0 Å². The largest absolute Gasteiger partial charge is 0.303 e. The molecule has 0 unspecified atom stereocenters. The molecule has 1 aliphatic heterocycles. The zero-order valence-corrected chi connectivity index (χ0v) is 7.88. The van der Waals surface area contributed by atoms with Gasteiger partial charge in [0, 0.05) is 6.54 Å². The summed E-state index contributed by atoms with van der Waals surface area (Å²) in [7, 11) is 0. The maximum absolute atomic E-state index is 3.18. The topological polar surface area (TPSA) is 12.0 Å². The molecule has 0 aliphatic carbocycles. The molecule has 1 heterocycles. The second-order valence-corrected chi connectivity index (χ2v) is 3.63. The summed E-state index contributed by atoms with van der Waals surface area (Å²) in [4.78, 5) is 0. The molecule has 1 aliphatic rings. The summed E-state index contributed by atoms with van der Waals surface area (Å²) in [6.07, 6.45) is 0.913. The van der Waals surface area contributed by atoms with Crippen molar-refractivity contribution in [1.82, 2.24) is 5.32 Å². The first-order valence-electron chi connectivity index (χ1n) is 4.90. The first-order chi connectivity index (χ1) is 6.95. The molecule has 0 fully saturated rings. The lowest BCUT2D eigenvalue weighted by molar-refractivity contribution is 0.730. The Kier molecular flexibility index (Phi) is 1.78. The average Bonchev–Trinajstić information content (AvgIpc) is 2.29. The molecule has 0 spiro atoms. The smallest absolute Gasteiger partial charge is 0.0636 e. The molecule has 2 aromatic rings. The molecular weight excluding hydrogens is 170 g/mol. The SMILES string of the molecule is [C]1Cc2c(ccc3ccccc23)CN1. The van der Waals surface area contributed by atoms with Crippen molar-refractivity contribution in [3.63, 3.8) is 0 Å². The van der Waals surface area contributed by atoms with E-state index in [-0.39, 0.29) is 0 Å². The van der Waals surface area contributed by atoms with Crippen LogP contribution in [-0.2, 0) is 13.0 Å².